The molecule has 2 aromatic rings. The van der Waals surface area contributed by atoms with Crippen molar-refractivity contribution < 1.29 is 28.4 Å². The molecule has 33 heavy (non-hydrogen) atoms. The smallest absolute Gasteiger partial charge is 0.410 e. The first-order chi connectivity index (χ1) is 15.2. The van der Waals surface area contributed by atoms with Gasteiger partial charge in [-0.05, 0) is 71.8 Å². The van der Waals surface area contributed by atoms with Gasteiger partial charge in [-0.2, -0.15) is 0 Å². The van der Waals surface area contributed by atoms with Crippen LogP contribution in [0.15, 0.2) is 10.5 Å². The van der Waals surface area contributed by atoms with Crippen LogP contribution in [0.2, 0.25) is 5.15 Å². The minimum atomic E-state index is -1.69. The van der Waals surface area contributed by atoms with E-state index in [1.807, 2.05) is 22.6 Å². The number of hydrogen-bond donors (Lipinski definition) is 0. The Morgan fingerprint density at radius 2 is 2.06 bits per heavy atom. The minimum Gasteiger partial charge on any atom is -0.468 e. The van der Waals surface area contributed by atoms with Crippen LogP contribution in [0.4, 0.5) is 14.9 Å². The third-order valence-corrected chi connectivity index (χ3v) is 7.84. The van der Waals surface area contributed by atoms with Crippen LogP contribution in [-0.2, 0) is 19.7 Å². The summed E-state index contributed by atoms with van der Waals surface area (Å²) in [5, 5.41) is 11.5. The molecule has 1 amide bonds. The maximum Gasteiger partial charge on any atom is 0.410 e. The highest BCUT2D eigenvalue weighted by Gasteiger charge is 2.54. The lowest BCUT2D eigenvalue weighted by Crippen LogP contribution is -2.43. The van der Waals surface area contributed by atoms with Gasteiger partial charge in [-0.3, -0.25) is 14.9 Å². The SMILES string of the molecule is COC(=O)C1(c2c([N+](=O)[O-])c(Cl)nc3c(F)c(Br)c(I)cc23)CCN(C(=O)OC(C)(C)C)C1. The lowest BCUT2D eigenvalue weighted by molar-refractivity contribution is -0.386. The molecule has 178 valence electrons. The molecule has 13 heteroatoms. The molecular formula is C20H19BrClFIN3O6. The number of ether oxygens (including phenoxy) is 2. The largest absolute Gasteiger partial charge is 0.468 e. The first-order valence-corrected chi connectivity index (χ1v) is 11.9. The second kappa shape index (κ2) is 9.10. The number of aromatic nitrogens is 1. The molecule has 1 saturated heterocycles. The summed E-state index contributed by atoms with van der Waals surface area (Å²) in [6, 6.07) is 1.48. The number of amides is 1. The lowest BCUT2D eigenvalue weighted by atomic mass is 9.77. The molecule has 1 fully saturated rings. The van der Waals surface area contributed by atoms with E-state index in [1.165, 1.54) is 11.0 Å². The van der Waals surface area contributed by atoms with Crippen LogP contribution < -0.4 is 0 Å². The summed E-state index contributed by atoms with van der Waals surface area (Å²) in [6.07, 6.45) is -0.715. The van der Waals surface area contributed by atoms with E-state index in [1.54, 1.807) is 20.8 Å². The Kier molecular flexibility index (Phi) is 7.12. The third-order valence-electron chi connectivity index (χ3n) is 5.21. The number of rotatable bonds is 3. The summed E-state index contributed by atoms with van der Waals surface area (Å²) >= 11 is 11.1. The normalized spacial score (nSPS) is 18.5. The van der Waals surface area contributed by atoms with Gasteiger partial charge in [-0.1, -0.05) is 11.6 Å². The van der Waals surface area contributed by atoms with Crippen LogP contribution in [0.3, 0.4) is 0 Å². The Balaban J connectivity index is 2.34. The Hall–Kier alpha value is -1.80. The molecule has 1 aliphatic heterocycles. The average molecular weight is 659 g/mol. The van der Waals surface area contributed by atoms with Gasteiger partial charge in [0.1, 0.15) is 16.5 Å². The van der Waals surface area contributed by atoms with E-state index >= 15 is 4.39 Å². The van der Waals surface area contributed by atoms with Crippen LogP contribution in [0, 0.1) is 19.5 Å². The van der Waals surface area contributed by atoms with Gasteiger partial charge in [-0.25, -0.2) is 14.2 Å². The number of halogens is 4. The number of esters is 1. The maximum atomic E-state index is 15.1. The number of carbonyl (C=O) groups excluding carboxylic acids is 2. The van der Waals surface area contributed by atoms with E-state index in [9.17, 15) is 19.7 Å². The zero-order chi connectivity index (χ0) is 24.9. The predicted octanol–water partition coefficient (Wildman–Crippen LogP) is 5.35. The number of likely N-dealkylation sites (tertiary alicyclic amines) is 1. The number of nitrogens with zero attached hydrogens (tertiary/aromatic N) is 3. The summed E-state index contributed by atoms with van der Waals surface area (Å²) in [5.74, 6) is -1.60. The number of hydrogen-bond acceptors (Lipinski definition) is 7. The molecule has 1 aromatic carbocycles. The highest BCUT2D eigenvalue weighted by molar-refractivity contribution is 14.1. The fraction of sp³-hybridized carbons (Fsp3) is 0.450. The standard InChI is InChI=1S/C20H19BrClFIN3O6/c1-19(2,3)33-18(29)26-6-5-20(8-26,17(28)32-4)11-9-7-10(24)12(21)13(23)14(9)25-16(22)15(11)27(30)31/h7H,5-6,8H2,1-4H3. The second-order valence-electron chi connectivity index (χ2n) is 8.49. The van der Waals surface area contributed by atoms with Gasteiger partial charge in [0.15, 0.2) is 5.82 Å². The summed E-state index contributed by atoms with van der Waals surface area (Å²) < 4.78 is 26.0. The van der Waals surface area contributed by atoms with Crippen molar-refractivity contribution in [2.24, 2.45) is 0 Å². The maximum absolute atomic E-state index is 15.1. The van der Waals surface area contributed by atoms with Gasteiger partial charge in [0, 0.05) is 22.0 Å². The summed E-state index contributed by atoms with van der Waals surface area (Å²) in [5.41, 5.74) is -3.52. The van der Waals surface area contributed by atoms with Crippen molar-refractivity contribution in [3.8, 4) is 0 Å². The molecule has 0 saturated carbocycles. The topological polar surface area (TPSA) is 112 Å². The molecule has 1 aromatic heterocycles. The van der Waals surface area contributed by atoms with Crippen LogP contribution in [0.5, 0.6) is 0 Å². The number of carbonyl (C=O) groups is 2. The molecule has 1 unspecified atom stereocenters. The minimum absolute atomic E-state index is 0.0243. The van der Waals surface area contributed by atoms with Gasteiger partial charge in [0.25, 0.3) is 0 Å². The van der Waals surface area contributed by atoms with E-state index in [4.69, 9.17) is 21.1 Å². The van der Waals surface area contributed by atoms with Crippen molar-refractivity contribution in [2.75, 3.05) is 20.2 Å². The lowest BCUT2D eigenvalue weighted by Gasteiger charge is -2.29. The fourth-order valence-electron chi connectivity index (χ4n) is 3.88. The van der Waals surface area contributed by atoms with Crippen LogP contribution in [-0.4, -0.2) is 52.7 Å². The van der Waals surface area contributed by atoms with Crippen LogP contribution in [0.25, 0.3) is 10.9 Å². The van der Waals surface area contributed by atoms with E-state index < -0.39 is 44.7 Å². The average Bonchev–Trinajstić information content (AvgIpc) is 3.16. The van der Waals surface area contributed by atoms with Gasteiger partial charge in [0.05, 0.1) is 22.1 Å². The first-order valence-electron chi connectivity index (χ1n) is 9.61. The van der Waals surface area contributed by atoms with E-state index in [0.29, 0.717) is 3.57 Å². The van der Waals surface area contributed by atoms with Gasteiger partial charge < -0.3 is 14.4 Å². The first kappa shape index (κ1) is 25.8. The summed E-state index contributed by atoms with van der Waals surface area (Å²) in [7, 11) is 1.14. The highest BCUT2D eigenvalue weighted by Crippen LogP contribution is 2.47. The Bertz CT molecular complexity index is 1190. The number of nitro groups is 1. The Labute approximate surface area is 215 Å². The van der Waals surface area contributed by atoms with E-state index in [-0.39, 0.29) is 40.4 Å². The fourth-order valence-corrected chi connectivity index (χ4v) is 4.98. The highest BCUT2D eigenvalue weighted by atomic mass is 127. The molecule has 0 aliphatic carbocycles. The number of fused-ring (bicyclic) bond motifs is 1. The molecule has 0 radical (unpaired) electrons. The van der Waals surface area contributed by atoms with E-state index in [2.05, 4.69) is 20.9 Å². The van der Waals surface area contributed by atoms with Gasteiger partial charge in [0.2, 0.25) is 5.15 Å². The summed E-state index contributed by atoms with van der Waals surface area (Å²) in [4.78, 5) is 42.3. The van der Waals surface area contributed by atoms with Crippen molar-refractivity contribution in [3.05, 3.63) is 40.8 Å². The number of benzene rings is 1. The predicted molar refractivity (Wildman–Crippen MR) is 130 cm³/mol. The monoisotopic (exact) mass is 657 g/mol. The molecule has 0 spiro atoms. The third kappa shape index (κ3) is 4.61. The molecular weight excluding hydrogens is 639 g/mol. The van der Waals surface area contributed by atoms with Crippen molar-refractivity contribution in [2.45, 2.75) is 38.2 Å². The second-order valence-corrected chi connectivity index (χ2v) is 10.8. The van der Waals surface area contributed by atoms with Crippen molar-refractivity contribution >= 4 is 78.8 Å². The quantitative estimate of drug-likeness (QED) is 0.109. The Morgan fingerprint density at radius 1 is 1.42 bits per heavy atom. The molecule has 3 rings (SSSR count). The summed E-state index contributed by atoms with van der Waals surface area (Å²) in [6.45, 7) is 4.85. The van der Waals surface area contributed by atoms with Crippen LogP contribution >= 0.6 is 50.1 Å². The Morgan fingerprint density at radius 3 is 2.61 bits per heavy atom. The molecule has 0 bridgehead atoms. The zero-order valence-electron chi connectivity index (χ0n) is 18.0. The van der Waals surface area contributed by atoms with Crippen LogP contribution in [0.1, 0.15) is 32.8 Å². The molecule has 9 nitrogen and oxygen atoms in total. The molecule has 1 aliphatic rings. The van der Waals surface area contributed by atoms with Crippen molar-refractivity contribution in [3.63, 3.8) is 0 Å². The zero-order valence-corrected chi connectivity index (χ0v) is 22.5. The molecule has 2 heterocycles. The van der Waals surface area contributed by atoms with Gasteiger partial charge >= 0.3 is 17.7 Å². The molecule has 0 N–H and O–H groups in total. The van der Waals surface area contributed by atoms with E-state index in [0.717, 1.165) is 7.11 Å². The van der Waals surface area contributed by atoms with Crippen molar-refractivity contribution in [1.82, 2.24) is 9.88 Å². The van der Waals surface area contributed by atoms with Crippen molar-refractivity contribution in [1.29, 1.82) is 0 Å². The number of methoxy groups -OCH3 is 1. The number of pyridine rings is 1. The molecule has 1 atom stereocenters. The van der Waals surface area contributed by atoms with Gasteiger partial charge in [-0.15, -0.1) is 0 Å².